The van der Waals surface area contributed by atoms with Crippen molar-refractivity contribution >= 4 is 32.7 Å². The number of aliphatic hydroxyl groups excluding tert-OH is 1. The van der Waals surface area contributed by atoms with Crippen molar-refractivity contribution < 1.29 is 18.3 Å². The molecular weight excluding hydrogens is 464 g/mol. The van der Waals surface area contributed by atoms with Crippen molar-refractivity contribution in [1.82, 2.24) is 14.5 Å². The third-order valence-corrected chi connectivity index (χ3v) is 7.16. The molecule has 35 heavy (non-hydrogen) atoms. The van der Waals surface area contributed by atoms with Crippen molar-refractivity contribution in [2.45, 2.75) is 31.8 Å². The molecule has 0 aliphatic rings. The van der Waals surface area contributed by atoms with E-state index in [1.807, 2.05) is 48.7 Å². The number of amides is 1. The molecule has 0 fully saturated rings. The monoisotopic (exact) mass is 492 g/mol. The summed E-state index contributed by atoms with van der Waals surface area (Å²) in [5.41, 5.74) is 2.64. The standard InChI is InChI=1S/C26H28N4O4S/c1-3-30-19(2)27-24-17-21(28-35(33,34)22-12-8-5-9-13-22)16-23(25(24)30)26(32)29(14-15-31)18-20-10-6-4-7-11-20/h4-13,16-17,28,31H,3,14-15,18H2,1-2H3. The number of anilines is 1. The second-order valence-corrected chi connectivity index (χ2v) is 9.83. The van der Waals surface area contributed by atoms with Crippen LogP contribution >= 0.6 is 0 Å². The summed E-state index contributed by atoms with van der Waals surface area (Å²) < 4.78 is 30.4. The highest BCUT2D eigenvalue weighted by Crippen LogP contribution is 2.28. The fourth-order valence-corrected chi connectivity index (χ4v) is 5.22. The zero-order valence-electron chi connectivity index (χ0n) is 19.7. The van der Waals surface area contributed by atoms with Crippen LogP contribution in [0, 0.1) is 6.92 Å². The van der Waals surface area contributed by atoms with Gasteiger partial charge in [0.15, 0.2) is 0 Å². The topological polar surface area (TPSA) is 105 Å². The molecule has 0 saturated heterocycles. The Morgan fingerprint density at radius 1 is 1.06 bits per heavy atom. The lowest BCUT2D eigenvalue weighted by molar-refractivity contribution is 0.0709. The molecular formula is C26H28N4O4S. The molecule has 0 atom stereocenters. The van der Waals surface area contributed by atoms with Gasteiger partial charge < -0.3 is 14.6 Å². The third kappa shape index (κ3) is 5.21. The average molecular weight is 493 g/mol. The molecule has 1 heterocycles. The van der Waals surface area contributed by atoms with Crippen LogP contribution in [0.4, 0.5) is 5.69 Å². The van der Waals surface area contributed by atoms with E-state index in [0.29, 0.717) is 29.7 Å². The van der Waals surface area contributed by atoms with Gasteiger partial charge in [-0.1, -0.05) is 48.5 Å². The van der Waals surface area contributed by atoms with Crippen LogP contribution in [0.3, 0.4) is 0 Å². The highest BCUT2D eigenvalue weighted by molar-refractivity contribution is 7.92. The second-order valence-electron chi connectivity index (χ2n) is 8.15. The number of sulfonamides is 1. The van der Waals surface area contributed by atoms with Crippen molar-refractivity contribution in [3.8, 4) is 0 Å². The van der Waals surface area contributed by atoms with Gasteiger partial charge >= 0.3 is 0 Å². The molecule has 0 aliphatic heterocycles. The van der Waals surface area contributed by atoms with E-state index < -0.39 is 10.0 Å². The van der Waals surface area contributed by atoms with Crippen LogP contribution < -0.4 is 4.72 Å². The molecule has 8 nitrogen and oxygen atoms in total. The lowest BCUT2D eigenvalue weighted by atomic mass is 10.1. The van der Waals surface area contributed by atoms with E-state index in [-0.39, 0.29) is 29.6 Å². The lowest BCUT2D eigenvalue weighted by Crippen LogP contribution is -2.33. The van der Waals surface area contributed by atoms with Crippen LogP contribution in [0.25, 0.3) is 11.0 Å². The number of nitrogens with zero attached hydrogens (tertiary/aromatic N) is 3. The summed E-state index contributed by atoms with van der Waals surface area (Å²) in [4.78, 5) is 20.1. The van der Waals surface area contributed by atoms with Crippen molar-refractivity contribution in [1.29, 1.82) is 0 Å². The van der Waals surface area contributed by atoms with E-state index in [9.17, 15) is 18.3 Å². The second kappa shape index (κ2) is 10.3. The molecule has 9 heteroatoms. The van der Waals surface area contributed by atoms with Gasteiger partial charge in [-0.25, -0.2) is 13.4 Å². The number of carbonyl (C=O) groups excluding carboxylic acids is 1. The van der Waals surface area contributed by atoms with E-state index in [4.69, 9.17) is 0 Å². The highest BCUT2D eigenvalue weighted by atomic mass is 32.2. The molecule has 4 rings (SSSR count). The lowest BCUT2D eigenvalue weighted by Gasteiger charge is -2.23. The predicted molar refractivity (Wildman–Crippen MR) is 136 cm³/mol. The van der Waals surface area contributed by atoms with Gasteiger partial charge in [0.2, 0.25) is 0 Å². The molecule has 182 valence electrons. The Morgan fingerprint density at radius 3 is 2.34 bits per heavy atom. The summed E-state index contributed by atoms with van der Waals surface area (Å²) >= 11 is 0. The van der Waals surface area contributed by atoms with Crippen molar-refractivity contribution in [2.75, 3.05) is 17.9 Å². The van der Waals surface area contributed by atoms with E-state index in [1.165, 1.54) is 12.1 Å². The van der Waals surface area contributed by atoms with Gasteiger partial charge in [0.1, 0.15) is 5.82 Å². The molecule has 0 radical (unpaired) electrons. The van der Waals surface area contributed by atoms with E-state index in [2.05, 4.69) is 9.71 Å². The van der Waals surface area contributed by atoms with Crippen LogP contribution in [0.1, 0.15) is 28.7 Å². The minimum absolute atomic E-state index is 0.120. The van der Waals surface area contributed by atoms with Crippen LogP contribution in [0.2, 0.25) is 0 Å². The number of benzene rings is 3. The van der Waals surface area contributed by atoms with Crippen LogP contribution in [-0.2, 0) is 23.1 Å². The molecule has 0 aliphatic carbocycles. The first kappa shape index (κ1) is 24.4. The summed E-state index contributed by atoms with van der Waals surface area (Å²) in [5, 5.41) is 9.66. The number of fused-ring (bicyclic) bond motifs is 1. The zero-order chi connectivity index (χ0) is 25.0. The van der Waals surface area contributed by atoms with Crippen LogP contribution in [-0.4, -0.2) is 47.0 Å². The summed E-state index contributed by atoms with van der Waals surface area (Å²) in [6.07, 6.45) is 0. The summed E-state index contributed by atoms with van der Waals surface area (Å²) in [6.45, 7) is 4.64. The first-order valence-electron chi connectivity index (χ1n) is 11.4. The minimum Gasteiger partial charge on any atom is -0.395 e. The van der Waals surface area contributed by atoms with Gasteiger partial charge in [0, 0.05) is 19.6 Å². The Hall–Kier alpha value is -3.69. The number of aryl methyl sites for hydroxylation is 2. The number of imidazole rings is 1. The number of aromatic nitrogens is 2. The van der Waals surface area contributed by atoms with Gasteiger partial charge in [-0.2, -0.15) is 0 Å². The smallest absolute Gasteiger partial charge is 0.261 e. The third-order valence-electron chi connectivity index (χ3n) is 5.76. The first-order chi connectivity index (χ1) is 16.8. The highest BCUT2D eigenvalue weighted by Gasteiger charge is 2.24. The number of hydrogen-bond acceptors (Lipinski definition) is 5. The van der Waals surface area contributed by atoms with Crippen LogP contribution in [0.15, 0.2) is 77.7 Å². The summed E-state index contributed by atoms with van der Waals surface area (Å²) in [7, 11) is -3.86. The molecule has 2 N–H and O–H groups in total. The normalized spacial score (nSPS) is 11.5. The van der Waals surface area contributed by atoms with Crippen molar-refractivity contribution in [3.63, 3.8) is 0 Å². The Balaban J connectivity index is 1.80. The number of carbonyl (C=O) groups is 1. The zero-order valence-corrected chi connectivity index (χ0v) is 20.5. The Bertz CT molecular complexity index is 1430. The van der Waals surface area contributed by atoms with Gasteiger partial charge in [0.25, 0.3) is 15.9 Å². The van der Waals surface area contributed by atoms with E-state index in [1.54, 1.807) is 35.2 Å². The van der Waals surface area contributed by atoms with Gasteiger partial charge in [-0.05, 0) is 43.7 Å². The molecule has 0 unspecified atom stereocenters. The number of nitrogens with one attached hydrogen (secondary N) is 1. The fourth-order valence-electron chi connectivity index (χ4n) is 4.15. The minimum atomic E-state index is -3.86. The quantitative estimate of drug-likeness (QED) is 0.370. The Labute approximate surface area is 204 Å². The number of rotatable bonds is 9. The maximum absolute atomic E-state index is 13.8. The van der Waals surface area contributed by atoms with Gasteiger partial charge in [0.05, 0.1) is 33.8 Å². The van der Waals surface area contributed by atoms with Gasteiger partial charge in [-0.15, -0.1) is 0 Å². The molecule has 1 aromatic heterocycles. The van der Waals surface area contributed by atoms with Crippen molar-refractivity contribution in [2.24, 2.45) is 0 Å². The molecule has 4 aromatic rings. The maximum Gasteiger partial charge on any atom is 0.261 e. The SMILES string of the molecule is CCn1c(C)nc2cc(NS(=O)(=O)c3ccccc3)cc(C(=O)N(CCO)Cc3ccccc3)c21. The number of hydrogen-bond donors (Lipinski definition) is 2. The Kier molecular flexibility index (Phi) is 7.18. The maximum atomic E-state index is 13.8. The molecule has 0 saturated carbocycles. The molecule has 0 spiro atoms. The van der Waals surface area contributed by atoms with Gasteiger partial charge in [-0.3, -0.25) is 9.52 Å². The van der Waals surface area contributed by atoms with Crippen LogP contribution in [0.5, 0.6) is 0 Å². The van der Waals surface area contributed by atoms with E-state index >= 15 is 0 Å². The largest absolute Gasteiger partial charge is 0.395 e. The van der Waals surface area contributed by atoms with Crippen molar-refractivity contribution in [3.05, 3.63) is 89.7 Å². The number of aliphatic hydroxyl groups is 1. The molecule has 0 bridgehead atoms. The molecule has 3 aromatic carbocycles. The molecule has 1 amide bonds. The Morgan fingerprint density at radius 2 is 1.71 bits per heavy atom. The van der Waals surface area contributed by atoms with E-state index in [0.717, 1.165) is 11.4 Å². The summed E-state index contributed by atoms with van der Waals surface area (Å²) in [6, 6.07) is 20.7. The fraction of sp³-hybridized carbons (Fsp3) is 0.231. The first-order valence-corrected chi connectivity index (χ1v) is 12.8. The predicted octanol–water partition coefficient (Wildman–Crippen LogP) is 3.80. The summed E-state index contributed by atoms with van der Waals surface area (Å²) in [5.74, 6) is 0.402. The average Bonchev–Trinajstić information content (AvgIpc) is 3.18.